The van der Waals surface area contributed by atoms with E-state index in [1.807, 2.05) is 0 Å². The van der Waals surface area contributed by atoms with Crippen LogP contribution in [-0.2, 0) is 0 Å². The summed E-state index contributed by atoms with van der Waals surface area (Å²) < 4.78 is 4.94. The summed E-state index contributed by atoms with van der Waals surface area (Å²) in [6, 6.07) is 3.48. The Bertz CT molecular complexity index is 615. The molecule has 1 atom stereocenters. The van der Waals surface area contributed by atoms with Crippen LogP contribution in [0.3, 0.4) is 0 Å². The van der Waals surface area contributed by atoms with E-state index in [2.05, 4.69) is 24.1 Å². The minimum absolute atomic E-state index is 0.112. The average Bonchev–Trinajstić information content (AvgIpc) is 2.67. The largest absolute Gasteiger partial charge is 0.417 e. The molecule has 1 unspecified atom stereocenters. The Morgan fingerprint density at radius 2 is 2.21 bits per heavy atom. The number of aromatic amines is 1. The third-order valence-corrected chi connectivity index (χ3v) is 3.18. The van der Waals surface area contributed by atoms with Gasteiger partial charge in [0.05, 0.1) is 16.9 Å². The van der Waals surface area contributed by atoms with Gasteiger partial charge in [-0.1, -0.05) is 13.8 Å². The van der Waals surface area contributed by atoms with Gasteiger partial charge in [0.25, 0.3) is 0 Å². The van der Waals surface area contributed by atoms with Crippen molar-refractivity contribution in [3.8, 4) is 0 Å². The summed E-state index contributed by atoms with van der Waals surface area (Å²) in [6.45, 7) is 4.25. The summed E-state index contributed by atoms with van der Waals surface area (Å²) in [4.78, 5) is 13.7. The van der Waals surface area contributed by atoms with Crippen molar-refractivity contribution < 1.29 is 9.52 Å². The number of aliphatic hydroxyl groups is 1. The minimum Gasteiger partial charge on any atom is -0.408 e. The van der Waals surface area contributed by atoms with Crippen molar-refractivity contribution in [1.29, 1.82) is 0 Å². The Kier molecular flexibility index (Phi) is 3.80. The first-order valence-corrected chi connectivity index (χ1v) is 6.31. The fourth-order valence-corrected chi connectivity index (χ4v) is 2.05. The van der Waals surface area contributed by atoms with Crippen molar-refractivity contribution >= 4 is 22.5 Å². The zero-order valence-electron chi connectivity index (χ0n) is 11.1. The smallest absolute Gasteiger partial charge is 0.408 e. The number of fused-ring (bicyclic) bond motifs is 1. The zero-order valence-corrected chi connectivity index (χ0v) is 11.1. The van der Waals surface area contributed by atoms with Crippen LogP contribution in [0.4, 0.5) is 11.4 Å². The van der Waals surface area contributed by atoms with Gasteiger partial charge in [0, 0.05) is 18.7 Å². The van der Waals surface area contributed by atoms with Crippen LogP contribution in [0.5, 0.6) is 0 Å². The summed E-state index contributed by atoms with van der Waals surface area (Å²) in [7, 11) is 0. The Morgan fingerprint density at radius 1 is 1.47 bits per heavy atom. The second-order valence-electron chi connectivity index (χ2n) is 4.96. The molecule has 0 spiro atoms. The summed E-state index contributed by atoms with van der Waals surface area (Å²) in [5, 5.41) is 12.4. The molecule has 19 heavy (non-hydrogen) atoms. The molecule has 0 amide bonds. The SMILES string of the molecule is CC(C)C(CCO)Nc1cc2[nH]c(=O)oc2cc1N. The third kappa shape index (κ3) is 2.90. The number of nitrogens with one attached hydrogen (secondary N) is 2. The van der Waals surface area contributed by atoms with Gasteiger partial charge in [-0.05, 0) is 18.4 Å². The van der Waals surface area contributed by atoms with E-state index < -0.39 is 5.76 Å². The van der Waals surface area contributed by atoms with Crippen molar-refractivity contribution in [3.05, 3.63) is 22.7 Å². The molecule has 5 N–H and O–H groups in total. The molecule has 0 aliphatic carbocycles. The minimum atomic E-state index is -0.498. The van der Waals surface area contributed by atoms with Gasteiger partial charge < -0.3 is 20.6 Å². The second kappa shape index (κ2) is 5.36. The molecule has 0 radical (unpaired) electrons. The number of nitrogen functional groups attached to an aromatic ring is 1. The van der Waals surface area contributed by atoms with Gasteiger partial charge in [-0.25, -0.2) is 4.79 Å². The highest BCUT2D eigenvalue weighted by atomic mass is 16.4. The fraction of sp³-hybridized carbons (Fsp3) is 0.462. The summed E-state index contributed by atoms with van der Waals surface area (Å²) >= 11 is 0. The van der Waals surface area contributed by atoms with Crippen LogP contribution in [0.15, 0.2) is 21.3 Å². The van der Waals surface area contributed by atoms with Gasteiger partial charge in [-0.2, -0.15) is 0 Å². The molecule has 0 fully saturated rings. The molecule has 1 heterocycles. The van der Waals surface area contributed by atoms with E-state index in [4.69, 9.17) is 15.3 Å². The van der Waals surface area contributed by atoms with Gasteiger partial charge >= 0.3 is 5.76 Å². The Morgan fingerprint density at radius 3 is 2.84 bits per heavy atom. The number of nitrogens with two attached hydrogens (primary N) is 1. The molecule has 0 bridgehead atoms. The van der Waals surface area contributed by atoms with Gasteiger partial charge in [-0.3, -0.25) is 4.98 Å². The van der Waals surface area contributed by atoms with Crippen LogP contribution in [0, 0.1) is 5.92 Å². The lowest BCUT2D eigenvalue weighted by molar-refractivity contribution is 0.267. The summed E-state index contributed by atoms with van der Waals surface area (Å²) in [5.74, 6) is -0.145. The van der Waals surface area contributed by atoms with Crippen molar-refractivity contribution in [2.75, 3.05) is 17.7 Å². The molecule has 0 saturated carbocycles. The molecule has 2 rings (SSSR count). The van der Waals surface area contributed by atoms with Crippen LogP contribution in [0.1, 0.15) is 20.3 Å². The lowest BCUT2D eigenvalue weighted by atomic mass is 10.0. The van der Waals surface area contributed by atoms with Gasteiger partial charge in [-0.15, -0.1) is 0 Å². The zero-order chi connectivity index (χ0) is 14.0. The molecule has 6 nitrogen and oxygen atoms in total. The molecule has 1 aromatic heterocycles. The molecule has 0 aliphatic heterocycles. The van der Waals surface area contributed by atoms with E-state index in [0.29, 0.717) is 29.1 Å². The maximum Gasteiger partial charge on any atom is 0.417 e. The predicted octanol–water partition coefficient (Wildman–Crippen LogP) is 1.52. The van der Waals surface area contributed by atoms with E-state index in [9.17, 15) is 4.79 Å². The van der Waals surface area contributed by atoms with Gasteiger partial charge in [0.15, 0.2) is 5.58 Å². The fourth-order valence-electron chi connectivity index (χ4n) is 2.05. The number of anilines is 2. The van der Waals surface area contributed by atoms with Crippen LogP contribution in [0.2, 0.25) is 0 Å². The average molecular weight is 265 g/mol. The first-order chi connectivity index (χ1) is 9.01. The Labute approximate surface area is 110 Å². The summed E-state index contributed by atoms with van der Waals surface area (Å²) in [6.07, 6.45) is 0.636. The number of oxazole rings is 1. The normalized spacial score (nSPS) is 13.1. The van der Waals surface area contributed by atoms with E-state index in [1.165, 1.54) is 0 Å². The van der Waals surface area contributed by atoms with Gasteiger partial charge in [0.1, 0.15) is 0 Å². The number of rotatable bonds is 5. The predicted molar refractivity (Wildman–Crippen MR) is 75.2 cm³/mol. The number of hydrogen-bond donors (Lipinski definition) is 4. The monoisotopic (exact) mass is 265 g/mol. The first-order valence-electron chi connectivity index (χ1n) is 6.31. The van der Waals surface area contributed by atoms with E-state index >= 15 is 0 Å². The molecule has 104 valence electrons. The topological polar surface area (TPSA) is 104 Å². The third-order valence-electron chi connectivity index (χ3n) is 3.18. The number of H-pyrrole nitrogens is 1. The lowest BCUT2D eigenvalue weighted by Gasteiger charge is -2.23. The second-order valence-corrected chi connectivity index (χ2v) is 4.96. The first kappa shape index (κ1) is 13.5. The van der Waals surface area contributed by atoms with Crippen molar-refractivity contribution in [2.45, 2.75) is 26.3 Å². The van der Waals surface area contributed by atoms with Crippen molar-refractivity contribution in [2.24, 2.45) is 5.92 Å². The van der Waals surface area contributed by atoms with Crippen molar-refractivity contribution in [1.82, 2.24) is 4.98 Å². The van der Waals surface area contributed by atoms with E-state index in [0.717, 1.165) is 5.69 Å². The molecule has 0 aliphatic rings. The number of benzene rings is 1. The molecule has 1 aromatic carbocycles. The Hall–Kier alpha value is -1.95. The maximum absolute atomic E-state index is 11.1. The molecule has 2 aromatic rings. The van der Waals surface area contributed by atoms with E-state index in [-0.39, 0.29) is 12.6 Å². The lowest BCUT2D eigenvalue weighted by Crippen LogP contribution is -2.27. The van der Waals surface area contributed by atoms with Gasteiger partial charge in [0.2, 0.25) is 0 Å². The molecular formula is C13H19N3O3. The van der Waals surface area contributed by atoms with Crippen LogP contribution >= 0.6 is 0 Å². The maximum atomic E-state index is 11.1. The standard InChI is InChI=1S/C13H19N3O3/c1-7(2)9(3-4-17)15-10-6-11-12(5-8(10)14)19-13(18)16-11/h5-7,9,15,17H,3-4,14H2,1-2H3,(H,16,18). The Balaban J connectivity index is 2.33. The quantitative estimate of drug-likeness (QED) is 0.614. The highest BCUT2D eigenvalue weighted by Gasteiger charge is 2.15. The molecule has 0 saturated heterocycles. The van der Waals surface area contributed by atoms with E-state index in [1.54, 1.807) is 12.1 Å². The number of aromatic nitrogens is 1. The number of aliphatic hydroxyl groups excluding tert-OH is 1. The van der Waals surface area contributed by atoms with Crippen LogP contribution < -0.4 is 16.8 Å². The van der Waals surface area contributed by atoms with Crippen LogP contribution in [-0.4, -0.2) is 22.7 Å². The highest BCUT2D eigenvalue weighted by Crippen LogP contribution is 2.26. The molecular weight excluding hydrogens is 246 g/mol. The highest BCUT2D eigenvalue weighted by molar-refractivity contribution is 5.85. The van der Waals surface area contributed by atoms with Crippen molar-refractivity contribution in [3.63, 3.8) is 0 Å². The number of hydrogen-bond acceptors (Lipinski definition) is 5. The van der Waals surface area contributed by atoms with Crippen LogP contribution in [0.25, 0.3) is 11.1 Å². The molecule has 6 heteroatoms. The summed E-state index contributed by atoms with van der Waals surface area (Å²) in [5.41, 5.74) is 8.23.